The molecule has 7 nitrogen and oxygen atoms in total. The minimum Gasteiger partial charge on any atom is -0.269 e. The Bertz CT molecular complexity index is 907. The predicted octanol–water partition coefficient (Wildman–Crippen LogP) is 2.39. The molecule has 0 aromatic heterocycles. The molecule has 25 heavy (non-hydrogen) atoms. The Labute approximate surface area is 143 Å². The van der Waals surface area contributed by atoms with Crippen LogP contribution in [0, 0.1) is 15.9 Å². The summed E-state index contributed by atoms with van der Waals surface area (Å²) in [6.07, 6.45) is 2.36. The van der Waals surface area contributed by atoms with Crippen molar-refractivity contribution >= 4 is 27.7 Å². The Morgan fingerprint density at radius 3 is 2.28 bits per heavy atom. The normalized spacial score (nSPS) is 11.4. The summed E-state index contributed by atoms with van der Waals surface area (Å²) in [4.78, 5) is 21.6. The van der Waals surface area contributed by atoms with Gasteiger partial charge in [0.1, 0.15) is 5.82 Å². The first-order chi connectivity index (χ1) is 11.7. The van der Waals surface area contributed by atoms with E-state index >= 15 is 0 Å². The molecule has 0 bridgehead atoms. The van der Waals surface area contributed by atoms with Crippen molar-refractivity contribution in [1.29, 1.82) is 0 Å². The Kier molecular flexibility index (Phi) is 5.60. The van der Waals surface area contributed by atoms with Gasteiger partial charge in [0.15, 0.2) is 0 Å². The number of nitrogens with one attached hydrogen (secondary N) is 1. The maximum atomic E-state index is 12.8. The number of hydrogen-bond acceptors (Lipinski definition) is 5. The van der Waals surface area contributed by atoms with E-state index in [1.165, 1.54) is 54.6 Å². The van der Waals surface area contributed by atoms with Crippen LogP contribution in [-0.4, -0.2) is 19.2 Å². The molecular weight excluding hydrogens is 351 g/mol. The van der Waals surface area contributed by atoms with Crippen LogP contribution in [0.2, 0.25) is 0 Å². The number of carbonyl (C=O) groups is 1. The van der Waals surface area contributed by atoms with Crippen LogP contribution in [0.1, 0.15) is 11.1 Å². The van der Waals surface area contributed by atoms with E-state index in [-0.39, 0.29) is 5.69 Å². The summed E-state index contributed by atoms with van der Waals surface area (Å²) in [5.41, 5.74) is 0.671. The fourth-order valence-corrected chi connectivity index (χ4v) is 2.98. The Morgan fingerprint density at radius 2 is 1.72 bits per heavy atom. The van der Waals surface area contributed by atoms with Crippen molar-refractivity contribution in [3.8, 4) is 0 Å². The van der Waals surface area contributed by atoms with E-state index in [1.807, 2.05) is 4.72 Å². The predicted molar refractivity (Wildman–Crippen MR) is 89.3 cm³/mol. The summed E-state index contributed by atoms with van der Waals surface area (Å²) >= 11 is 0. The number of amides is 1. The molecule has 0 atom stereocenters. The lowest BCUT2D eigenvalue weighted by atomic mass is 10.2. The summed E-state index contributed by atoms with van der Waals surface area (Å²) in [5.74, 6) is -1.78. The number of halogens is 1. The van der Waals surface area contributed by atoms with Crippen molar-refractivity contribution in [1.82, 2.24) is 4.72 Å². The second kappa shape index (κ2) is 7.67. The van der Waals surface area contributed by atoms with E-state index in [9.17, 15) is 27.7 Å². The number of nitrogens with zero attached hydrogens (tertiary/aromatic N) is 1. The number of nitro benzene ring substituents is 1. The van der Waals surface area contributed by atoms with Crippen LogP contribution in [0.3, 0.4) is 0 Å². The number of nitro groups is 1. The summed E-state index contributed by atoms with van der Waals surface area (Å²) < 4.78 is 38.5. The maximum Gasteiger partial charge on any atom is 0.269 e. The Hall–Kier alpha value is -3.07. The lowest BCUT2D eigenvalue weighted by Crippen LogP contribution is -2.30. The number of benzene rings is 2. The number of hydrogen-bond donors (Lipinski definition) is 1. The van der Waals surface area contributed by atoms with Gasteiger partial charge in [-0.25, -0.2) is 17.5 Å². The van der Waals surface area contributed by atoms with Gasteiger partial charge in [-0.05, 0) is 29.3 Å². The van der Waals surface area contributed by atoms with E-state index in [0.717, 1.165) is 6.08 Å². The maximum absolute atomic E-state index is 12.8. The monoisotopic (exact) mass is 364 g/mol. The second-order valence-electron chi connectivity index (χ2n) is 5.03. The minimum absolute atomic E-state index is 0.160. The van der Waals surface area contributed by atoms with Crippen LogP contribution in [0.4, 0.5) is 10.1 Å². The first-order valence-electron chi connectivity index (χ1n) is 6.96. The highest BCUT2D eigenvalue weighted by Gasteiger charge is 2.15. The first kappa shape index (κ1) is 18.3. The van der Waals surface area contributed by atoms with Crippen molar-refractivity contribution in [3.05, 3.63) is 81.7 Å². The zero-order valence-electron chi connectivity index (χ0n) is 12.8. The molecule has 0 radical (unpaired) electrons. The van der Waals surface area contributed by atoms with Crippen LogP contribution in [0.15, 0.2) is 54.6 Å². The molecule has 2 aromatic carbocycles. The molecule has 0 fully saturated rings. The van der Waals surface area contributed by atoms with Crippen LogP contribution in [0.5, 0.6) is 0 Å². The number of rotatable bonds is 6. The molecule has 0 heterocycles. The van der Waals surface area contributed by atoms with Crippen molar-refractivity contribution in [2.45, 2.75) is 5.75 Å². The average molecular weight is 364 g/mol. The van der Waals surface area contributed by atoms with Crippen molar-refractivity contribution in [2.75, 3.05) is 0 Å². The third kappa shape index (κ3) is 5.81. The first-order valence-corrected chi connectivity index (χ1v) is 8.62. The molecule has 0 saturated carbocycles. The van der Waals surface area contributed by atoms with Crippen LogP contribution in [0.25, 0.3) is 6.08 Å². The zero-order valence-corrected chi connectivity index (χ0v) is 13.6. The van der Waals surface area contributed by atoms with Crippen LogP contribution >= 0.6 is 0 Å². The molecular formula is C16H13FN2O5S. The minimum atomic E-state index is -3.96. The van der Waals surface area contributed by atoms with Crippen molar-refractivity contribution < 1.29 is 22.5 Å². The van der Waals surface area contributed by atoms with Gasteiger partial charge in [-0.2, -0.15) is 0 Å². The Balaban J connectivity index is 1.98. The van der Waals surface area contributed by atoms with Gasteiger partial charge in [-0.1, -0.05) is 24.3 Å². The summed E-state index contributed by atoms with van der Waals surface area (Å²) in [6.45, 7) is 0. The van der Waals surface area contributed by atoms with E-state index in [2.05, 4.69) is 0 Å². The van der Waals surface area contributed by atoms with Crippen molar-refractivity contribution in [3.63, 3.8) is 0 Å². The van der Waals surface area contributed by atoms with E-state index in [4.69, 9.17) is 0 Å². The van der Waals surface area contributed by atoms with E-state index in [1.54, 1.807) is 0 Å². The fraction of sp³-hybridized carbons (Fsp3) is 0.0625. The molecule has 1 amide bonds. The molecule has 2 aromatic rings. The molecule has 0 spiro atoms. The van der Waals surface area contributed by atoms with Crippen LogP contribution < -0.4 is 4.72 Å². The zero-order chi connectivity index (χ0) is 18.4. The van der Waals surface area contributed by atoms with Gasteiger partial charge in [0, 0.05) is 18.2 Å². The van der Waals surface area contributed by atoms with Gasteiger partial charge in [-0.15, -0.1) is 0 Å². The average Bonchev–Trinajstić information content (AvgIpc) is 2.54. The molecule has 0 saturated heterocycles. The Morgan fingerprint density at radius 1 is 1.12 bits per heavy atom. The van der Waals surface area contributed by atoms with E-state index in [0.29, 0.717) is 11.1 Å². The molecule has 0 aliphatic carbocycles. The summed E-state index contributed by atoms with van der Waals surface area (Å²) in [7, 11) is -3.96. The largest absolute Gasteiger partial charge is 0.269 e. The fourth-order valence-electron chi connectivity index (χ4n) is 1.90. The molecule has 0 aliphatic heterocycles. The number of carbonyl (C=O) groups excluding carboxylic acids is 1. The SMILES string of the molecule is O=C(/C=C/c1ccc(F)cc1)NS(=O)(=O)Cc1ccc([N+](=O)[O-])cc1. The van der Waals surface area contributed by atoms with Crippen molar-refractivity contribution in [2.24, 2.45) is 0 Å². The standard InChI is InChI=1S/C16H13FN2O5S/c17-14-6-1-12(2-7-14)5-10-16(20)18-25(23,24)11-13-3-8-15(9-4-13)19(21)22/h1-10H,11H2,(H,18,20)/b10-5+. The highest BCUT2D eigenvalue weighted by Crippen LogP contribution is 2.13. The summed E-state index contributed by atoms with van der Waals surface area (Å²) in [5, 5.41) is 10.6. The third-order valence-electron chi connectivity index (χ3n) is 3.06. The molecule has 130 valence electrons. The van der Waals surface area contributed by atoms with E-state index < -0.39 is 32.4 Å². The number of non-ortho nitro benzene ring substituents is 1. The lowest BCUT2D eigenvalue weighted by molar-refractivity contribution is -0.384. The van der Waals surface area contributed by atoms with Gasteiger partial charge in [-0.3, -0.25) is 14.9 Å². The lowest BCUT2D eigenvalue weighted by Gasteiger charge is -2.05. The van der Waals surface area contributed by atoms with Gasteiger partial charge in [0.05, 0.1) is 10.7 Å². The molecule has 0 unspecified atom stereocenters. The molecule has 2 rings (SSSR count). The molecule has 0 aliphatic rings. The third-order valence-corrected chi connectivity index (χ3v) is 4.28. The summed E-state index contributed by atoms with van der Waals surface area (Å²) in [6, 6.07) is 10.3. The van der Waals surface area contributed by atoms with Gasteiger partial charge in [0.25, 0.3) is 11.6 Å². The highest BCUT2D eigenvalue weighted by atomic mass is 32.2. The quantitative estimate of drug-likeness (QED) is 0.481. The highest BCUT2D eigenvalue weighted by molar-refractivity contribution is 7.89. The smallest absolute Gasteiger partial charge is 0.269 e. The van der Waals surface area contributed by atoms with Gasteiger partial charge >= 0.3 is 0 Å². The topological polar surface area (TPSA) is 106 Å². The van der Waals surface area contributed by atoms with Gasteiger partial charge < -0.3 is 0 Å². The molecule has 1 N–H and O–H groups in total. The second-order valence-corrected chi connectivity index (χ2v) is 6.76. The molecule has 9 heteroatoms. The van der Waals surface area contributed by atoms with Gasteiger partial charge in [0.2, 0.25) is 10.0 Å². The van der Waals surface area contributed by atoms with Crippen LogP contribution in [-0.2, 0) is 20.6 Å². The number of sulfonamides is 1.